The largest absolute Gasteiger partial charge is 0.292 e. The van der Waals surface area contributed by atoms with Gasteiger partial charge in [0, 0.05) is 12.6 Å². The van der Waals surface area contributed by atoms with Gasteiger partial charge in [0.15, 0.2) is 5.78 Å². The number of hydrogen-bond donors (Lipinski definition) is 0. The van der Waals surface area contributed by atoms with Gasteiger partial charge in [0.05, 0.1) is 0 Å². The first kappa shape index (κ1) is 11.5. The summed E-state index contributed by atoms with van der Waals surface area (Å²) in [6.07, 6.45) is 2.16. The number of rotatable bonds is 3. The molecule has 2 heteroatoms. The highest BCUT2D eigenvalue weighted by atomic mass is 16.1. The molecule has 2 nitrogen and oxygen atoms in total. The second kappa shape index (κ2) is 4.91. The molecule has 1 heterocycles. The number of Topliss-reactive ketones (excluding diaryl/α,β-unsaturated/α-hetero) is 1. The summed E-state index contributed by atoms with van der Waals surface area (Å²) >= 11 is 0. The van der Waals surface area contributed by atoms with E-state index in [1.807, 2.05) is 50.2 Å². The lowest BCUT2D eigenvalue weighted by Crippen LogP contribution is -2.08. The number of aryl methyl sites for hydroxylation is 2. The monoisotopic (exact) mass is 225 g/mol. The summed E-state index contributed by atoms with van der Waals surface area (Å²) in [5, 5.41) is 0. The lowest BCUT2D eigenvalue weighted by atomic mass is 10.0. The Bertz CT molecular complexity index is 532. The third kappa shape index (κ3) is 2.78. The van der Waals surface area contributed by atoms with Crippen LogP contribution in [0.15, 0.2) is 42.6 Å². The summed E-state index contributed by atoms with van der Waals surface area (Å²) in [5.41, 5.74) is 3.64. The van der Waals surface area contributed by atoms with Crippen LogP contribution in [0.1, 0.15) is 27.2 Å². The van der Waals surface area contributed by atoms with Crippen molar-refractivity contribution in [1.82, 2.24) is 4.98 Å². The van der Waals surface area contributed by atoms with Crippen LogP contribution in [-0.2, 0) is 6.42 Å². The second-order valence-electron chi connectivity index (χ2n) is 4.26. The van der Waals surface area contributed by atoms with Crippen LogP contribution in [0.5, 0.6) is 0 Å². The minimum Gasteiger partial charge on any atom is -0.292 e. The number of carbonyl (C=O) groups excluding carboxylic acids is 1. The molecule has 1 aromatic heterocycles. The average Bonchev–Trinajstić information content (AvgIpc) is 2.30. The molecule has 2 rings (SSSR count). The van der Waals surface area contributed by atoms with Gasteiger partial charge in [-0.2, -0.15) is 0 Å². The molecule has 86 valence electrons. The summed E-state index contributed by atoms with van der Waals surface area (Å²) in [6, 6.07) is 11.7. The number of nitrogens with zero attached hydrogens (tertiary/aromatic N) is 1. The Morgan fingerprint density at radius 3 is 2.53 bits per heavy atom. The first-order valence-electron chi connectivity index (χ1n) is 5.67. The Hall–Kier alpha value is -1.96. The summed E-state index contributed by atoms with van der Waals surface area (Å²) in [4.78, 5) is 16.3. The first-order chi connectivity index (χ1) is 8.16. The van der Waals surface area contributed by atoms with Crippen molar-refractivity contribution in [3.63, 3.8) is 0 Å². The first-order valence-corrected chi connectivity index (χ1v) is 5.67. The fourth-order valence-corrected chi connectivity index (χ4v) is 1.87. The number of pyridine rings is 1. The van der Waals surface area contributed by atoms with Crippen molar-refractivity contribution < 1.29 is 4.79 Å². The fraction of sp³-hybridized carbons (Fsp3) is 0.200. The van der Waals surface area contributed by atoms with E-state index in [0.29, 0.717) is 12.1 Å². The van der Waals surface area contributed by atoms with Crippen molar-refractivity contribution in [2.75, 3.05) is 0 Å². The third-order valence-corrected chi connectivity index (χ3v) is 2.69. The molecular formula is C15H15NO. The maximum absolute atomic E-state index is 12.1. The third-order valence-electron chi connectivity index (χ3n) is 2.69. The molecule has 17 heavy (non-hydrogen) atoms. The smallest absolute Gasteiger partial charge is 0.185 e. The molecule has 0 bridgehead atoms. The molecular weight excluding hydrogens is 210 g/mol. The van der Waals surface area contributed by atoms with Crippen LogP contribution in [0, 0.1) is 13.8 Å². The van der Waals surface area contributed by atoms with E-state index in [1.165, 1.54) is 0 Å². The predicted molar refractivity (Wildman–Crippen MR) is 68.2 cm³/mol. The van der Waals surface area contributed by atoms with Gasteiger partial charge < -0.3 is 0 Å². The van der Waals surface area contributed by atoms with Crippen LogP contribution in [0.3, 0.4) is 0 Å². The zero-order valence-electron chi connectivity index (χ0n) is 10.1. The number of benzene rings is 1. The molecule has 0 aliphatic rings. The van der Waals surface area contributed by atoms with Crippen molar-refractivity contribution in [3.05, 3.63) is 65.0 Å². The Kier molecular flexibility index (Phi) is 3.33. The van der Waals surface area contributed by atoms with Crippen LogP contribution < -0.4 is 0 Å². The lowest BCUT2D eigenvalue weighted by Gasteiger charge is -2.05. The lowest BCUT2D eigenvalue weighted by molar-refractivity contribution is 0.0987. The quantitative estimate of drug-likeness (QED) is 0.751. The fourth-order valence-electron chi connectivity index (χ4n) is 1.87. The second-order valence-corrected chi connectivity index (χ2v) is 4.26. The van der Waals surface area contributed by atoms with Crippen LogP contribution in [-0.4, -0.2) is 10.8 Å². The van der Waals surface area contributed by atoms with Gasteiger partial charge in [0.25, 0.3) is 0 Å². The van der Waals surface area contributed by atoms with Crippen LogP contribution in [0.2, 0.25) is 0 Å². The zero-order valence-corrected chi connectivity index (χ0v) is 10.1. The van der Waals surface area contributed by atoms with E-state index in [9.17, 15) is 4.79 Å². The number of hydrogen-bond acceptors (Lipinski definition) is 2. The molecule has 0 saturated heterocycles. The summed E-state index contributed by atoms with van der Waals surface area (Å²) in [7, 11) is 0. The molecule has 0 saturated carbocycles. The minimum absolute atomic E-state index is 0.0775. The van der Waals surface area contributed by atoms with Gasteiger partial charge in [0.1, 0.15) is 5.69 Å². The highest BCUT2D eigenvalue weighted by Crippen LogP contribution is 2.11. The zero-order chi connectivity index (χ0) is 12.3. The molecule has 0 spiro atoms. The molecule has 0 unspecified atom stereocenters. The number of carbonyl (C=O) groups is 1. The van der Waals surface area contributed by atoms with Gasteiger partial charge in [-0.15, -0.1) is 0 Å². The average molecular weight is 225 g/mol. The highest BCUT2D eigenvalue weighted by Gasteiger charge is 2.11. The van der Waals surface area contributed by atoms with Crippen molar-refractivity contribution in [2.24, 2.45) is 0 Å². The maximum Gasteiger partial charge on any atom is 0.185 e. The normalized spacial score (nSPS) is 10.2. The summed E-state index contributed by atoms with van der Waals surface area (Å²) < 4.78 is 0. The van der Waals surface area contributed by atoms with Crippen molar-refractivity contribution in [1.29, 1.82) is 0 Å². The van der Waals surface area contributed by atoms with E-state index in [1.54, 1.807) is 6.20 Å². The SMILES string of the molecule is Cc1cnc(C(=O)Cc2ccccc2)c(C)c1. The molecule has 0 aliphatic heterocycles. The number of ketones is 1. The van der Waals surface area contributed by atoms with E-state index in [2.05, 4.69) is 4.98 Å². The molecule has 0 radical (unpaired) electrons. The maximum atomic E-state index is 12.1. The Morgan fingerprint density at radius 1 is 1.18 bits per heavy atom. The molecule has 2 aromatic rings. The Balaban J connectivity index is 2.21. The van der Waals surface area contributed by atoms with Crippen LogP contribution in [0.25, 0.3) is 0 Å². The molecule has 0 fully saturated rings. The predicted octanol–water partition coefficient (Wildman–Crippen LogP) is 3.12. The Morgan fingerprint density at radius 2 is 1.88 bits per heavy atom. The van der Waals surface area contributed by atoms with Gasteiger partial charge in [-0.1, -0.05) is 36.4 Å². The van der Waals surface area contributed by atoms with Gasteiger partial charge in [0.2, 0.25) is 0 Å². The van der Waals surface area contributed by atoms with E-state index >= 15 is 0 Å². The standard InChI is InChI=1S/C15H15NO/c1-11-8-12(2)15(16-10-11)14(17)9-13-6-4-3-5-7-13/h3-8,10H,9H2,1-2H3. The van der Waals surface area contributed by atoms with Crippen molar-refractivity contribution in [2.45, 2.75) is 20.3 Å². The molecule has 0 N–H and O–H groups in total. The van der Waals surface area contributed by atoms with E-state index in [4.69, 9.17) is 0 Å². The molecule has 0 aliphatic carbocycles. The van der Waals surface area contributed by atoms with Crippen molar-refractivity contribution >= 4 is 5.78 Å². The van der Waals surface area contributed by atoms with E-state index < -0.39 is 0 Å². The molecule has 0 atom stereocenters. The molecule has 0 amide bonds. The van der Waals surface area contributed by atoms with E-state index in [0.717, 1.165) is 16.7 Å². The van der Waals surface area contributed by atoms with Gasteiger partial charge in [-0.05, 0) is 30.5 Å². The van der Waals surface area contributed by atoms with Crippen LogP contribution >= 0.6 is 0 Å². The van der Waals surface area contributed by atoms with E-state index in [-0.39, 0.29) is 5.78 Å². The molecule has 1 aromatic carbocycles. The Labute approximate surface area is 101 Å². The van der Waals surface area contributed by atoms with Gasteiger partial charge in [-0.25, -0.2) is 0 Å². The van der Waals surface area contributed by atoms with Crippen molar-refractivity contribution in [3.8, 4) is 0 Å². The summed E-state index contributed by atoms with van der Waals surface area (Å²) in [6.45, 7) is 3.91. The van der Waals surface area contributed by atoms with Gasteiger partial charge in [-0.3, -0.25) is 9.78 Å². The highest BCUT2D eigenvalue weighted by molar-refractivity contribution is 5.96. The minimum atomic E-state index is 0.0775. The topological polar surface area (TPSA) is 30.0 Å². The van der Waals surface area contributed by atoms with Crippen LogP contribution in [0.4, 0.5) is 0 Å². The number of aromatic nitrogens is 1. The van der Waals surface area contributed by atoms with Gasteiger partial charge >= 0.3 is 0 Å². The summed E-state index contributed by atoms with van der Waals surface area (Å²) in [5.74, 6) is 0.0775.